The van der Waals surface area contributed by atoms with Gasteiger partial charge >= 0.3 is 5.97 Å². The van der Waals surface area contributed by atoms with Crippen molar-refractivity contribution in [3.8, 4) is 0 Å². The van der Waals surface area contributed by atoms with Crippen molar-refractivity contribution in [3.63, 3.8) is 0 Å². The first kappa shape index (κ1) is 22.5. The molecule has 1 aliphatic carbocycles. The van der Waals surface area contributed by atoms with E-state index in [2.05, 4.69) is 11.3 Å². The summed E-state index contributed by atoms with van der Waals surface area (Å²) in [6, 6.07) is 5.58. The quantitative estimate of drug-likeness (QED) is 0.488. The number of allylic oxidation sites excluding steroid dienone is 1. The number of anilines is 1. The Kier molecular flexibility index (Phi) is 6.39. The van der Waals surface area contributed by atoms with Gasteiger partial charge in [0.2, 0.25) is 5.91 Å². The molecule has 1 aliphatic heterocycles. The zero-order valence-electron chi connectivity index (χ0n) is 18.0. The number of nitrogens with one attached hydrogen (secondary N) is 1. The van der Waals surface area contributed by atoms with Crippen molar-refractivity contribution in [2.75, 3.05) is 18.4 Å². The maximum absolute atomic E-state index is 13.3. The molecule has 4 rings (SSSR count). The van der Waals surface area contributed by atoms with E-state index in [4.69, 9.17) is 4.74 Å². The van der Waals surface area contributed by atoms with E-state index in [9.17, 15) is 18.0 Å². The van der Waals surface area contributed by atoms with Gasteiger partial charge in [-0.3, -0.25) is 9.52 Å². The fraction of sp³-hybridized carbons (Fsp3) is 0.391. The van der Waals surface area contributed by atoms with Crippen LogP contribution in [0.1, 0.15) is 51.2 Å². The third kappa shape index (κ3) is 4.31. The molecule has 7 nitrogen and oxygen atoms in total. The van der Waals surface area contributed by atoms with Gasteiger partial charge < -0.3 is 9.64 Å². The Morgan fingerprint density at radius 3 is 2.78 bits per heavy atom. The lowest BCUT2D eigenvalue weighted by Gasteiger charge is -2.27. The normalized spacial score (nSPS) is 15.1. The third-order valence-electron chi connectivity index (χ3n) is 5.92. The number of aryl methyl sites for hydroxylation is 2. The van der Waals surface area contributed by atoms with E-state index in [0.29, 0.717) is 41.9 Å². The van der Waals surface area contributed by atoms with Gasteiger partial charge in [-0.25, -0.2) is 13.2 Å². The number of nitrogens with zero attached hydrogens (tertiary/aromatic N) is 1. The Hall–Kier alpha value is -2.65. The number of hydrogen-bond acceptors (Lipinski definition) is 6. The summed E-state index contributed by atoms with van der Waals surface area (Å²) in [6.45, 7) is 4.36. The third-order valence-corrected chi connectivity index (χ3v) is 9.04. The van der Waals surface area contributed by atoms with Gasteiger partial charge in [-0.1, -0.05) is 12.1 Å². The van der Waals surface area contributed by atoms with Crippen molar-refractivity contribution in [2.24, 2.45) is 0 Å². The molecule has 170 valence electrons. The maximum atomic E-state index is 13.3. The number of esters is 1. The smallest absolute Gasteiger partial charge is 0.340 e. The van der Waals surface area contributed by atoms with Crippen LogP contribution in [0.25, 0.3) is 0 Å². The minimum Gasteiger partial charge on any atom is -0.465 e. The van der Waals surface area contributed by atoms with Crippen LogP contribution in [0.2, 0.25) is 0 Å². The molecular formula is C23H26N2O5S2. The molecule has 0 spiro atoms. The van der Waals surface area contributed by atoms with Gasteiger partial charge in [0, 0.05) is 23.5 Å². The van der Waals surface area contributed by atoms with Crippen LogP contribution in [-0.2, 0) is 45.4 Å². The lowest BCUT2D eigenvalue weighted by molar-refractivity contribution is -0.131. The largest absolute Gasteiger partial charge is 0.465 e. The Bertz CT molecular complexity index is 1180. The molecule has 2 heterocycles. The molecule has 2 aliphatic rings. The summed E-state index contributed by atoms with van der Waals surface area (Å²) in [7, 11) is -2.77. The van der Waals surface area contributed by atoms with Gasteiger partial charge in [-0.15, -0.1) is 17.9 Å². The van der Waals surface area contributed by atoms with E-state index >= 15 is 0 Å². The molecular weight excluding hydrogens is 448 g/mol. The summed E-state index contributed by atoms with van der Waals surface area (Å²) in [6.07, 6.45) is 6.06. The minimum atomic E-state index is -4.01. The predicted molar refractivity (Wildman–Crippen MR) is 123 cm³/mol. The Balaban J connectivity index is 1.66. The summed E-state index contributed by atoms with van der Waals surface area (Å²) in [4.78, 5) is 27.4. The zero-order valence-corrected chi connectivity index (χ0v) is 19.6. The summed E-state index contributed by atoms with van der Waals surface area (Å²) >= 11 is 1.04. The van der Waals surface area contributed by atoms with Crippen LogP contribution in [0.3, 0.4) is 0 Å². The average molecular weight is 475 g/mol. The molecule has 0 saturated carbocycles. The van der Waals surface area contributed by atoms with Crippen LogP contribution in [0.15, 0.2) is 35.1 Å². The van der Waals surface area contributed by atoms with E-state index in [1.54, 1.807) is 17.0 Å². The van der Waals surface area contributed by atoms with Crippen LogP contribution in [0.4, 0.5) is 5.69 Å². The lowest BCUT2D eigenvalue weighted by Crippen LogP contribution is -2.35. The number of fused-ring (bicyclic) bond motifs is 2. The van der Waals surface area contributed by atoms with E-state index < -0.39 is 16.0 Å². The van der Waals surface area contributed by atoms with Crippen molar-refractivity contribution in [1.29, 1.82) is 0 Å². The molecule has 0 fully saturated rings. The van der Waals surface area contributed by atoms with Crippen molar-refractivity contribution >= 4 is 38.9 Å². The van der Waals surface area contributed by atoms with Crippen LogP contribution in [0.5, 0.6) is 0 Å². The Labute approximate surface area is 192 Å². The number of methoxy groups -OCH3 is 1. The number of amides is 1. The summed E-state index contributed by atoms with van der Waals surface area (Å²) < 4.78 is 34.1. The highest BCUT2D eigenvalue weighted by Crippen LogP contribution is 2.38. The molecule has 0 atom stereocenters. The van der Waals surface area contributed by atoms with Crippen LogP contribution in [0, 0.1) is 0 Å². The van der Waals surface area contributed by atoms with Gasteiger partial charge in [0.25, 0.3) is 10.0 Å². The number of hydrogen-bond donors (Lipinski definition) is 1. The first-order valence-corrected chi connectivity index (χ1v) is 12.9. The molecule has 0 bridgehead atoms. The molecule has 2 aromatic rings. The number of thiophene rings is 1. The Morgan fingerprint density at radius 1 is 1.25 bits per heavy atom. The molecule has 0 saturated heterocycles. The SMILES string of the molecule is C=CCCC(=O)N1CCc2c(sc(S(=O)(=O)Nc3ccc4c(c3)CCC4)c2C(=O)OC)C1. The summed E-state index contributed by atoms with van der Waals surface area (Å²) in [5.41, 5.74) is 3.62. The van der Waals surface area contributed by atoms with E-state index in [1.165, 1.54) is 12.7 Å². The van der Waals surface area contributed by atoms with Gasteiger partial charge in [0.05, 0.1) is 19.2 Å². The second-order valence-electron chi connectivity index (χ2n) is 7.99. The average Bonchev–Trinajstić information content (AvgIpc) is 3.40. The fourth-order valence-corrected chi connectivity index (χ4v) is 7.26. The maximum Gasteiger partial charge on any atom is 0.340 e. The first-order chi connectivity index (χ1) is 15.3. The number of carbonyl (C=O) groups is 2. The van der Waals surface area contributed by atoms with Crippen LogP contribution >= 0.6 is 11.3 Å². The standard InChI is InChI=1S/C23H26N2O5S2/c1-3-4-8-20(26)25-12-11-18-19(14-25)31-23(21(18)22(27)30-2)32(28,29)24-17-10-9-15-6-5-7-16(15)13-17/h3,9-10,13,24H,1,4-8,11-12,14H2,2H3. The minimum absolute atomic E-state index is 0.00996. The molecule has 32 heavy (non-hydrogen) atoms. The number of ether oxygens (including phenoxy) is 1. The molecule has 1 amide bonds. The van der Waals surface area contributed by atoms with E-state index in [-0.39, 0.29) is 22.2 Å². The number of carbonyl (C=O) groups excluding carboxylic acids is 2. The van der Waals surface area contributed by atoms with E-state index in [0.717, 1.165) is 36.2 Å². The lowest BCUT2D eigenvalue weighted by atomic mass is 10.0. The van der Waals surface area contributed by atoms with Gasteiger partial charge in [0.15, 0.2) is 4.21 Å². The monoisotopic (exact) mass is 474 g/mol. The Morgan fingerprint density at radius 2 is 2.03 bits per heavy atom. The van der Waals surface area contributed by atoms with Crippen molar-refractivity contribution in [1.82, 2.24) is 4.90 Å². The van der Waals surface area contributed by atoms with Gasteiger partial charge in [-0.05, 0) is 60.9 Å². The zero-order chi connectivity index (χ0) is 22.9. The van der Waals surface area contributed by atoms with Crippen LogP contribution in [-0.4, -0.2) is 38.8 Å². The molecule has 1 N–H and O–H groups in total. The highest BCUT2D eigenvalue weighted by atomic mass is 32.2. The van der Waals surface area contributed by atoms with Gasteiger partial charge in [-0.2, -0.15) is 0 Å². The van der Waals surface area contributed by atoms with Crippen molar-refractivity contribution < 1.29 is 22.7 Å². The fourth-order valence-electron chi connectivity index (χ4n) is 4.31. The summed E-state index contributed by atoms with van der Waals surface area (Å²) in [5, 5.41) is 0. The topological polar surface area (TPSA) is 92.8 Å². The number of rotatable bonds is 7. The second-order valence-corrected chi connectivity index (χ2v) is 11.0. The molecule has 0 unspecified atom stereocenters. The van der Waals surface area contributed by atoms with Gasteiger partial charge in [0.1, 0.15) is 0 Å². The number of sulfonamides is 1. The molecule has 0 radical (unpaired) electrons. The first-order valence-electron chi connectivity index (χ1n) is 10.6. The highest BCUT2D eigenvalue weighted by Gasteiger charge is 2.35. The van der Waals surface area contributed by atoms with Crippen LogP contribution < -0.4 is 4.72 Å². The van der Waals surface area contributed by atoms with Crippen molar-refractivity contribution in [3.05, 3.63) is 58.0 Å². The summed E-state index contributed by atoms with van der Waals surface area (Å²) in [5.74, 6) is -0.687. The molecule has 9 heteroatoms. The van der Waals surface area contributed by atoms with Crippen molar-refractivity contribution in [2.45, 2.75) is 49.3 Å². The highest BCUT2D eigenvalue weighted by molar-refractivity contribution is 7.94. The predicted octanol–water partition coefficient (Wildman–Crippen LogP) is 3.68. The second kappa shape index (κ2) is 9.07. The molecule has 1 aromatic heterocycles. The molecule has 1 aromatic carbocycles. The number of benzene rings is 1. The van der Waals surface area contributed by atoms with E-state index in [1.807, 2.05) is 12.1 Å².